The molecular formula is C19H28F3N7O. The van der Waals surface area contributed by atoms with Crippen LogP contribution in [0.1, 0.15) is 37.8 Å². The van der Waals surface area contributed by atoms with Crippen LogP contribution in [0.15, 0.2) is 17.3 Å². The van der Waals surface area contributed by atoms with Crippen molar-refractivity contribution < 1.29 is 18.0 Å². The number of anilines is 1. The molecule has 1 aliphatic carbocycles. The first-order chi connectivity index (χ1) is 14.4. The number of aromatic nitrogens is 2. The minimum absolute atomic E-state index is 0.0774. The highest BCUT2D eigenvalue weighted by molar-refractivity contribution is 5.81. The Labute approximate surface area is 173 Å². The van der Waals surface area contributed by atoms with Gasteiger partial charge in [-0.3, -0.25) is 9.79 Å². The summed E-state index contributed by atoms with van der Waals surface area (Å²) in [5, 5.41) is 9.17. The van der Waals surface area contributed by atoms with Crippen LogP contribution in [0.5, 0.6) is 0 Å². The average molecular weight is 427 g/mol. The Hall–Kier alpha value is -2.59. The van der Waals surface area contributed by atoms with Crippen LogP contribution < -0.4 is 16.0 Å². The number of rotatable bonds is 6. The molecule has 1 aliphatic heterocycles. The van der Waals surface area contributed by atoms with Gasteiger partial charge in [0.15, 0.2) is 5.96 Å². The van der Waals surface area contributed by atoms with Crippen LogP contribution in [0, 0.1) is 5.92 Å². The second-order valence-corrected chi connectivity index (χ2v) is 7.58. The lowest BCUT2D eigenvalue weighted by molar-refractivity contribution is -0.141. The predicted molar refractivity (Wildman–Crippen MR) is 107 cm³/mol. The van der Waals surface area contributed by atoms with E-state index in [1.165, 1.54) is 0 Å². The van der Waals surface area contributed by atoms with Gasteiger partial charge in [-0.05, 0) is 25.3 Å². The normalized spacial score (nSPS) is 20.5. The third-order valence-electron chi connectivity index (χ3n) is 5.42. The van der Waals surface area contributed by atoms with Crippen LogP contribution in [0.4, 0.5) is 19.1 Å². The molecule has 0 spiro atoms. The lowest BCUT2D eigenvalue weighted by Gasteiger charge is -2.21. The third kappa shape index (κ3) is 5.96. The molecule has 1 saturated carbocycles. The van der Waals surface area contributed by atoms with Crippen LogP contribution in [-0.2, 0) is 11.0 Å². The first-order valence-corrected chi connectivity index (χ1v) is 10.3. The molecule has 2 heterocycles. The van der Waals surface area contributed by atoms with Crippen LogP contribution in [0.2, 0.25) is 0 Å². The summed E-state index contributed by atoms with van der Waals surface area (Å²) in [4.78, 5) is 25.9. The summed E-state index contributed by atoms with van der Waals surface area (Å²) in [5.74, 6) is 0.962. The maximum atomic E-state index is 12.7. The molecule has 1 aromatic heterocycles. The van der Waals surface area contributed by atoms with E-state index in [1.54, 1.807) is 7.05 Å². The second-order valence-electron chi connectivity index (χ2n) is 7.58. The van der Waals surface area contributed by atoms with E-state index in [4.69, 9.17) is 0 Å². The van der Waals surface area contributed by atoms with E-state index in [0.29, 0.717) is 25.6 Å². The summed E-state index contributed by atoms with van der Waals surface area (Å²) in [5.41, 5.74) is -0.983. The summed E-state index contributed by atoms with van der Waals surface area (Å²) in [6.45, 7) is 2.14. The van der Waals surface area contributed by atoms with Gasteiger partial charge in [0.1, 0.15) is 5.69 Å². The maximum Gasteiger partial charge on any atom is 0.433 e. The number of likely N-dealkylation sites (tertiary alicyclic amines) is 1. The minimum atomic E-state index is -4.50. The SMILES string of the molecule is CN=C(NCCNc1nccc(C(F)(F)F)n1)NC1CCN(C(=O)C2CCCC2)C1. The quantitative estimate of drug-likeness (QED) is 0.365. The molecule has 11 heteroatoms. The number of nitrogens with one attached hydrogen (secondary N) is 3. The molecular weight excluding hydrogens is 399 g/mol. The molecule has 2 aliphatic rings. The summed E-state index contributed by atoms with van der Waals surface area (Å²) in [7, 11) is 1.65. The summed E-state index contributed by atoms with van der Waals surface area (Å²) in [6.07, 6.45) is 1.71. The molecule has 0 bridgehead atoms. The van der Waals surface area contributed by atoms with Crippen molar-refractivity contribution in [1.82, 2.24) is 25.5 Å². The van der Waals surface area contributed by atoms with E-state index in [2.05, 4.69) is 30.9 Å². The Morgan fingerprint density at radius 3 is 2.73 bits per heavy atom. The number of hydrogen-bond donors (Lipinski definition) is 3. The Morgan fingerprint density at radius 1 is 1.27 bits per heavy atom. The van der Waals surface area contributed by atoms with Gasteiger partial charge in [-0.25, -0.2) is 9.97 Å². The van der Waals surface area contributed by atoms with Crippen molar-refractivity contribution in [2.45, 2.75) is 44.3 Å². The lowest BCUT2D eigenvalue weighted by Crippen LogP contribution is -2.46. The molecule has 1 aromatic rings. The van der Waals surface area contributed by atoms with Crippen molar-refractivity contribution in [2.75, 3.05) is 38.5 Å². The molecule has 3 rings (SSSR count). The zero-order valence-corrected chi connectivity index (χ0v) is 17.0. The average Bonchev–Trinajstić information content (AvgIpc) is 3.41. The van der Waals surface area contributed by atoms with Gasteiger partial charge in [-0.1, -0.05) is 12.8 Å². The van der Waals surface area contributed by atoms with Gasteiger partial charge in [0, 0.05) is 51.4 Å². The van der Waals surface area contributed by atoms with Crippen LogP contribution in [-0.4, -0.2) is 66.0 Å². The van der Waals surface area contributed by atoms with Gasteiger partial charge in [0.25, 0.3) is 0 Å². The topological polar surface area (TPSA) is 94.5 Å². The van der Waals surface area contributed by atoms with Gasteiger partial charge in [0.05, 0.1) is 0 Å². The van der Waals surface area contributed by atoms with Gasteiger partial charge in [0.2, 0.25) is 11.9 Å². The van der Waals surface area contributed by atoms with Crippen molar-refractivity contribution in [3.8, 4) is 0 Å². The molecule has 1 saturated heterocycles. The highest BCUT2D eigenvalue weighted by Gasteiger charge is 2.33. The van der Waals surface area contributed by atoms with Crippen LogP contribution in [0.3, 0.4) is 0 Å². The van der Waals surface area contributed by atoms with Crippen molar-refractivity contribution in [3.63, 3.8) is 0 Å². The van der Waals surface area contributed by atoms with E-state index in [9.17, 15) is 18.0 Å². The Kier molecular flexibility index (Phi) is 7.33. The van der Waals surface area contributed by atoms with E-state index in [1.807, 2.05) is 4.90 Å². The fourth-order valence-corrected chi connectivity index (χ4v) is 3.85. The monoisotopic (exact) mass is 427 g/mol. The Morgan fingerprint density at radius 2 is 2.03 bits per heavy atom. The molecule has 1 unspecified atom stereocenters. The number of halogens is 3. The van der Waals surface area contributed by atoms with Crippen molar-refractivity contribution in [1.29, 1.82) is 0 Å². The van der Waals surface area contributed by atoms with Crippen molar-refractivity contribution in [3.05, 3.63) is 18.0 Å². The number of hydrogen-bond acceptors (Lipinski definition) is 5. The number of nitrogens with zero attached hydrogens (tertiary/aromatic N) is 4. The standard InChI is InChI=1S/C19H28F3N7O/c1-23-17(25-9-10-26-18-24-8-6-15(28-18)19(20,21)22)27-14-7-11-29(12-14)16(30)13-4-2-3-5-13/h6,8,13-14H,2-5,7,9-12H2,1H3,(H2,23,25,27)(H,24,26,28). The molecule has 8 nitrogen and oxygen atoms in total. The van der Waals surface area contributed by atoms with E-state index in [0.717, 1.165) is 50.9 Å². The smallest absolute Gasteiger partial charge is 0.355 e. The largest absolute Gasteiger partial charge is 0.433 e. The van der Waals surface area contributed by atoms with Crippen LogP contribution >= 0.6 is 0 Å². The van der Waals surface area contributed by atoms with E-state index in [-0.39, 0.29) is 23.8 Å². The van der Waals surface area contributed by atoms with E-state index >= 15 is 0 Å². The molecule has 0 aromatic carbocycles. The summed E-state index contributed by atoms with van der Waals surface area (Å²) < 4.78 is 38.1. The van der Waals surface area contributed by atoms with Crippen molar-refractivity contribution >= 4 is 17.8 Å². The van der Waals surface area contributed by atoms with Gasteiger partial charge in [-0.2, -0.15) is 13.2 Å². The molecule has 166 valence electrons. The number of guanidine groups is 1. The molecule has 2 fully saturated rings. The molecule has 0 radical (unpaired) electrons. The van der Waals surface area contributed by atoms with Gasteiger partial charge in [-0.15, -0.1) is 0 Å². The third-order valence-corrected chi connectivity index (χ3v) is 5.42. The molecule has 30 heavy (non-hydrogen) atoms. The Bertz CT molecular complexity index is 750. The maximum absolute atomic E-state index is 12.7. The van der Waals surface area contributed by atoms with Gasteiger partial charge >= 0.3 is 6.18 Å². The predicted octanol–water partition coefficient (Wildman–Crippen LogP) is 1.86. The van der Waals surface area contributed by atoms with Crippen molar-refractivity contribution in [2.24, 2.45) is 10.9 Å². The number of aliphatic imine (C=N–C) groups is 1. The fraction of sp³-hybridized carbons (Fsp3) is 0.684. The first-order valence-electron chi connectivity index (χ1n) is 10.3. The summed E-state index contributed by atoms with van der Waals surface area (Å²) >= 11 is 0. The summed E-state index contributed by atoms with van der Waals surface area (Å²) in [6, 6.07) is 0.957. The van der Waals surface area contributed by atoms with Gasteiger partial charge < -0.3 is 20.9 Å². The molecule has 1 atom stereocenters. The highest BCUT2D eigenvalue weighted by Crippen LogP contribution is 2.28. The zero-order chi connectivity index (χ0) is 21.6. The number of carbonyl (C=O) groups excluding carboxylic acids is 1. The lowest BCUT2D eigenvalue weighted by atomic mass is 10.1. The number of carbonyl (C=O) groups is 1. The Balaban J connectivity index is 1.39. The fourth-order valence-electron chi connectivity index (χ4n) is 3.85. The molecule has 3 N–H and O–H groups in total. The molecule has 1 amide bonds. The highest BCUT2D eigenvalue weighted by atomic mass is 19.4. The van der Waals surface area contributed by atoms with E-state index < -0.39 is 11.9 Å². The number of amides is 1. The zero-order valence-electron chi connectivity index (χ0n) is 17.0. The second kappa shape index (κ2) is 9.94. The van der Waals surface area contributed by atoms with Crippen LogP contribution in [0.25, 0.3) is 0 Å². The first kappa shape index (κ1) is 22.1. The minimum Gasteiger partial charge on any atom is -0.355 e. The number of alkyl halides is 3.